The van der Waals surface area contributed by atoms with Crippen molar-refractivity contribution in [2.24, 2.45) is 10.7 Å². The van der Waals surface area contributed by atoms with Crippen molar-refractivity contribution < 1.29 is 22.6 Å². The fraction of sp³-hybridized carbons (Fsp3) is 0.538. The van der Waals surface area contributed by atoms with Crippen molar-refractivity contribution in [3.63, 3.8) is 0 Å². The molecule has 21 heavy (non-hydrogen) atoms. The second-order valence-corrected chi connectivity index (χ2v) is 4.70. The van der Waals surface area contributed by atoms with Crippen LogP contribution in [-0.4, -0.2) is 29.8 Å². The van der Waals surface area contributed by atoms with Crippen LogP contribution in [0, 0.1) is 0 Å². The molecule has 2 atom stereocenters. The average Bonchev–Trinajstić information content (AvgIpc) is 2.83. The summed E-state index contributed by atoms with van der Waals surface area (Å²) in [6.07, 6.45) is -2.60. The van der Waals surface area contributed by atoms with Gasteiger partial charge >= 0.3 is 6.18 Å². The minimum absolute atomic E-state index is 0.0931. The monoisotopic (exact) mass is 303 g/mol. The van der Waals surface area contributed by atoms with E-state index in [1.54, 1.807) is 0 Å². The molecule has 0 spiro atoms. The van der Waals surface area contributed by atoms with Crippen LogP contribution in [0.15, 0.2) is 23.3 Å². The Morgan fingerprint density at radius 3 is 2.71 bits per heavy atom. The van der Waals surface area contributed by atoms with E-state index >= 15 is 0 Å². The van der Waals surface area contributed by atoms with Gasteiger partial charge in [0.2, 0.25) is 5.88 Å². The molecule has 1 aliphatic rings. The lowest BCUT2D eigenvalue weighted by atomic mass is 10.1. The summed E-state index contributed by atoms with van der Waals surface area (Å²) in [5.74, 6) is 0.158. The highest BCUT2D eigenvalue weighted by molar-refractivity contribution is 5.73. The Morgan fingerprint density at radius 1 is 1.48 bits per heavy atom. The van der Waals surface area contributed by atoms with E-state index in [0.29, 0.717) is 19.4 Å². The van der Waals surface area contributed by atoms with Gasteiger partial charge in [-0.3, -0.25) is 0 Å². The van der Waals surface area contributed by atoms with Crippen molar-refractivity contribution in [2.45, 2.75) is 38.1 Å². The van der Waals surface area contributed by atoms with Crippen LogP contribution in [0.4, 0.5) is 13.2 Å². The topological polar surface area (TPSA) is 69.7 Å². The Hall–Kier alpha value is -1.99. The second-order valence-electron chi connectivity index (χ2n) is 4.70. The number of aliphatic imine (C=N–C) groups is 1. The average molecular weight is 303 g/mol. The summed E-state index contributed by atoms with van der Waals surface area (Å²) >= 11 is 0. The van der Waals surface area contributed by atoms with Crippen molar-refractivity contribution >= 4 is 6.02 Å². The minimum Gasteiger partial charge on any atom is -0.474 e. The lowest BCUT2D eigenvalue weighted by Crippen LogP contribution is -2.23. The molecule has 0 amide bonds. The van der Waals surface area contributed by atoms with Crippen molar-refractivity contribution in [3.05, 3.63) is 23.9 Å². The van der Waals surface area contributed by atoms with Crippen LogP contribution in [0.3, 0.4) is 0 Å². The summed E-state index contributed by atoms with van der Waals surface area (Å²) in [4.78, 5) is 7.78. The van der Waals surface area contributed by atoms with Gasteiger partial charge in [-0.1, -0.05) is 6.92 Å². The SMILES string of the molecule is CC[C@H](C[C@H]1COC(N)=N1)Oc1ccc(C(F)(F)F)cn1. The van der Waals surface area contributed by atoms with E-state index in [1.807, 2.05) is 6.92 Å². The van der Waals surface area contributed by atoms with Gasteiger partial charge in [0, 0.05) is 18.7 Å². The Balaban J connectivity index is 1.95. The van der Waals surface area contributed by atoms with E-state index in [0.717, 1.165) is 12.3 Å². The van der Waals surface area contributed by atoms with E-state index in [9.17, 15) is 13.2 Å². The third kappa shape index (κ3) is 4.24. The van der Waals surface area contributed by atoms with Gasteiger partial charge in [0.05, 0.1) is 11.6 Å². The maximum atomic E-state index is 12.4. The molecule has 0 saturated heterocycles. The number of aromatic nitrogens is 1. The first kappa shape index (κ1) is 15.4. The van der Waals surface area contributed by atoms with E-state index in [4.69, 9.17) is 15.2 Å². The van der Waals surface area contributed by atoms with E-state index in [2.05, 4.69) is 9.98 Å². The molecule has 2 heterocycles. The fourth-order valence-corrected chi connectivity index (χ4v) is 1.95. The number of rotatable bonds is 5. The smallest absolute Gasteiger partial charge is 0.417 e. The molecule has 0 fully saturated rings. The first-order valence-electron chi connectivity index (χ1n) is 6.54. The third-order valence-electron chi connectivity index (χ3n) is 3.07. The summed E-state index contributed by atoms with van der Waals surface area (Å²) in [5.41, 5.74) is 4.62. The predicted molar refractivity (Wildman–Crippen MR) is 69.9 cm³/mol. The molecule has 0 aromatic carbocycles. The van der Waals surface area contributed by atoms with Gasteiger partial charge < -0.3 is 15.2 Å². The number of hydrogen-bond acceptors (Lipinski definition) is 5. The summed E-state index contributed by atoms with van der Waals surface area (Å²) in [6, 6.07) is 2.23. The van der Waals surface area contributed by atoms with Gasteiger partial charge in [-0.25, -0.2) is 9.98 Å². The maximum Gasteiger partial charge on any atom is 0.417 e. The van der Waals surface area contributed by atoms with Crippen LogP contribution in [0.5, 0.6) is 5.88 Å². The second kappa shape index (κ2) is 6.19. The van der Waals surface area contributed by atoms with Crippen LogP contribution in [0.25, 0.3) is 0 Å². The van der Waals surface area contributed by atoms with Crippen LogP contribution >= 0.6 is 0 Å². The van der Waals surface area contributed by atoms with Gasteiger partial charge in [-0.2, -0.15) is 13.2 Å². The third-order valence-corrected chi connectivity index (χ3v) is 3.07. The van der Waals surface area contributed by atoms with Gasteiger partial charge in [-0.15, -0.1) is 0 Å². The summed E-state index contributed by atoms with van der Waals surface area (Å²) in [7, 11) is 0. The van der Waals surface area contributed by atoms with E-state index < -0.39 is 11.7 Å². The van der Waals surface area contributed by atoms with Crippen LogP contribution in [-0.2, 0) is 10.9 Å². The molecule has 0 bridgehead atoms. The highest BCUT2D eigenvalue weighted by Gasteiger charge is 2.31. The standard InChI is InChI=1S/C13H16F3N3O2/c1-2-10(5-9-7-20-12(17)19-9)21-11-4-3-8(6-18-11)13(14,15)16/h3-4,6,9-10H,2,5,7H2,1H3,(H2,17,19)/t9-,10+/m0/s1. The Morgan fingerprint density at radius 2 is 2.24 bits per heavy atom. The molecule has 8 heteroatoms. The lowest BCUT2D eigenvalue weighted by molar-refractivity contribution is -0.137. The Kier molecular flexibility index (Phi) is 4.54. The zero-order chi connectivity index (χ0) is 15.5. The quantitative estimate of drug-likeness (QED) is 0.906. The summed E-state index contributed by atoms with van der Waals surface area (Å²) < 4.78 is 47.9. The number of amidine groups is 1. The zero-order valence-electron chi connectivity index (χ0n) is 11.4. The summed E-state index contributed by atoms with van der Waals surface area (Å²) in [6.45, 7) is 2.31. The number of nitrogens with two attached hydrogens (primary N) is 1. The largest absolute Gasteiger partial charge is 0.474 e. The van der Waals surface area contributed by atoms with Crippen LogP contribution in [0.2, 0.25) is 0 Å². The zero-order valence-corrected chi connectivity index (χ0v) is 11.4. The molecule has 5 nitrogen and oxygen atoms in total. The highest BCUT2D eigenvalue weighted by Crippen LogP contribution is 2.29. The number of hydrogen-bond donors (Lipinski definition) is 1. The summed E-state index contributed by atoms with van der Waals surface area (Å²) in [5, 5.41) is 0. The van der Waals surface area contributed by atoms with Crippen molar-refractivity contribution in [2.75, 3.05) is 6.61 Å². The molecule has 1 aromatic heterocycles. The van der Waals surface area contributed by atoms with Crippen molar-refractivity contribution in [1.82, 2.24) is 4.98 Å². The molecule has 0 radical (unpaired) electrons. The number of halogens is 3. The molecule has 0 unspecified atom stereocenters. The normalized spacial score (nSPS) is 19.8. The van der Waals surface area contributed by atoms with Gasteiger partial charge in [-0.05, 0) is 12.5 Å². The number of nitrogens with zero attached hydrogens (tertiary/aromatic N) is 2. The first-order chi connectivity index (χ1) is 9.88. The molecular formula is C13H16F3N3O2. The minimum atomic E-state index is -4.40. The Labute approximate surface area is 120 Å². The van der Waals surface area contributed by atoms with E-state index in [1.165, 1.54) is 6.07 Å². The fourth-order valence-electron chi connectivity index (χ4n) is 1.95. The predicted octanol–water partition coefficient (Wildman–Crippen LogP) is 2.36. The number of alkyl halides is 3. The van der Waals surface area contributed by atoms with Gasteiger partial charge in [0.1, 0.15) is 12.7 Å². The molecule has 1 aromatic rings. The van der Waals surface area contributed by atoms with Gasteiger partial charge in [0.15, 0.2) is 0 Å². The van der Waals surface area contributed by atoms with Gasteiger partial charge in [0.25, 0.3) is 6.02 Å². The molecule has 116 valence electrons. The molecule has 0 saturated carbocycles. The molecular weight excluding hydrogens is 287 g/mol. The number of pyridine rings is 1. The number of ether oxygens (including phenoxy) is 2. The van der Waals surface area contributed by atoms with Crippen molar-refractivity contribution in [3.8, 4) is 5.88 Å². The molecule has 2 rings (SSSR count). The molecule has 0 aliphatic carbocycles. The Bertz CT molecular complexity index is 502. The maximum absolute atomic E-state index is 12.4. The van der Waals surface area contributed by atoms with E-state index in [-0.39, 0.29) is 24.0 Å². The molecule has 1 aliphatic heterocycles. The first-order valence-corrected chi connectivity index (χ1v) is 6.54. The highest BCUT2D eigenvalue weighted by atomic mass is 19.4. The van der Waals surface area contributed by atoms with Crippen LogP contribution < -0.4 is 10.5 Å². The van der Waals surface area contributed by atoms with Crippen LogP contribution in [0.1, 0.15) is 25.3 Å². The lowest BCUT2D eigenvalue weighted by Gasteiger charge is -2.18. The van der Waals surface area contributed by atoms with Crippen molar-refractivity contribution in [1.29, 1.82) is 0 Å². The molecule has 2 N–H and O–H groups in total.